The molecule has 2 nitrogen and oxygen atoms in total. The Morgan fingerprint density at radius 3 is 2.59 bits per heavy atom. The van der Waals surface area contributed by atoms with Crippen molar-refractivity contribution in [1.29, 1.82) is 0 Å². The number of hydrogen-bond acceptors (Lipinski definition) is 2. The number of carbonyl (C=O) groups is 1. The fourth-order valence-corrected chi connectivity index (χ4v) is 3.84. The lowest BCUT2D eigenvalue weighted by Crippen LogP contribution is -2.14. The summed E-state index contributed by atoms with van der Waals surface area (Å²) >= 11 is 0. The van der Waals surface area contributed by atoms with Crippen LogP contribution in [-0.4, -0.2) is 12.6 Å². The van der Waals surface area contributed by atoms with E-state index in [4.69, 9.17) is 4.74 Å². The van der Waals surface area contributed by atoms with Gasteiger partial charge in [-0.25, -0.2) is 0 Å². The van der Waals surface area contributed by atoms with Gasteiger partial charge in [-0.3, -0.25) is 4.79 Å². The lowest BCUT2D eigenvalue weighted by molar-refractivity contribution is -0.148. The highest BCUT2D eigenvalue weighted by Gasteiger charge is 2.13. The Bertz CT molecular complexity index is 820. The van der Waals surface area contributed by atoms with Crippen LogP contribution < -0.4 is 0 Å². The minimum Gasteiger partial charge on any atom is -0.465 e. The van der Waals surface area contributed by atoms with Crippen LogP contribution in [0.3, 0.4) is 0 Å². The van der Waals surface area contributed by atoms with Gasteiger partial charge in [0.1, 0.15) is 0 Å². The van der Waals surface area contributed by atoms with E-state index in [1.807, 2.05) is 13.8 Å². The molecule has 1 aliphatic carbocycles. The predicted molar refractivity (Wildman–Crippen MR) is 122 cm³/mol. The number of hydrogen-bond donors (Lipinski definition) is 0. The molecule has 2 aromatic rings. The maximum absolute atomic E-state index is 11.7. The first kappa shape index (κ1) is 21.4. The number of aryl methyl sites for hydroxylation is 2. The summed E-state index contributed by atoms with van der Waals surface area (Å²) in [5.74, 6) is -0.0278. The molecule has 0 heterocycles. The molecule has 29 heavy (non-hydrogen) atoms. The fraction of sp³-hybridized carbons (Fsp3) is 0.444. The standard InChI is InChI=1S/C27H34O2/c1-3-21(2)27(28)29-18-10-5-4-7-11-22-14-15-24-16-17-25(20-26(24)19-22)23-12-8-6-9-13-23/h6,8-9,12-15,19-21H,3-5,7,10-11,16-18H2,1-2H3. The molecular weight excluding hydrogens is 356 g/mol. The maximum atomic E-state index is 11.7. The summed E-state index contributed by atoms with van der Waals surface area (Å²) in [6.45, 7) is 4.51. The second-order valence-electron chi connectivity index (χ2n) is 8.21. The molecule has 1 unspecified atom stereocenters. The Balaban J connectivity index is 1.43. The minimum atomic E-state index is -0.0514. The Labute approximate surface area is 176 Å². The summed E-state index contributed by atoms with van der Waals surface area (Å²) in [5, 5.41) is 0. The van der Waals surface area contributed by atoms with Gasteiger partial charge >= 0.3 is 5.97 Å². The molecule has 0 bridgehead atoms. The molecule has 0 aromatic heterocycles. The van der Waals surface area contributed by atoms with Crippen LogP contribution in [0.15, 0.2) is 48.5 Å². The van der Waals surface area contributed by atoms with Crippen LogP contribution in [-0.2, 0) is 22.4 Å². The normalized spacial score (nSPS) is 14.1. The molecule has 2 heteroatoms. The van der Waals surface area contributed by atoms with Crippen LogP contribution in [0.25, 0.3) is 11.6 Å². The van der Waals surface area contributed by atoms with Gasteiger partial charge in [-0.1, -0.05) is 81.3 Å². The van der Waals surface area contributed by atoms with Crippen molar-refractivity contribution in [2.45, 2.75) is 65.2 Å². The second kappa shape index (κ2) is 11.0. The summed E-state index contributed by atoms with van der Waals surface area (Å²) < 4.78 is 5.32. The number of fused-ring (bicyclic) bond motifs is 1. The van der Waals surface area contributed by atoms with Gasteiger partial charge < -0.3 is 4.74 Å². The first-order valence-corrected chi connectivity index (χ1v) is 11.2. The van der Waals surface area contributed by atoms with Crippen molar-refractivity contribution >= 4 is 17.6 Å². The van der Waals surface area contributed by atoms with Crippen molar-refractivity contribution in [3.63, 3.8) is 0 Å². The number of allylic oxidation sites excluding steroid dienone is 1. The van der Waals surface area contributed by atoms with E-state index in [1.165, 1.54) is 40.7 Å². The summed E-state index contributed by atoms with van der Waals surface area (Å²) in [7, 11) is 0. The molecule has 0 saturated carbocycles. The first-order chi connectivity index (χ1) is 14.2. The van der Waals surface area contributed by atoms with Gasteiger partial charge in [0, 0.05) is 0 Å². The molecular formula is C27H34O2. The second-order valence-corrected chi connectivity index (χ2v) is 8.21. The number of benzene rings is 2. The van der Waals surface area contributed by atoms with Crippen LogP contribution in [0.1, 0.15) is 74.6 Å². The Hall–Kier alpha value is -2.35. The number of ether oxygens (including phenoxy) is 1. The molecule has 0 spiro atoms. The molecule has 1 atom stereocenters. The van der Waals surface area contributed by atoms with Crippen molar-refractivity contribution in [1.82, 2.24) is 0 Å². The smallest absolute Gasteiger partial charge is 0.308 e. The van der Waals surface area contributed by atoms with Gasteiger partial charge in [0.25, 0.3) is 0 Å². The van der Waals surface area contributed by atoms with Gasteiger partial charge in [-0.15, -0.1) is 0 Å². The van der Waals surface area contributed by atoms with E-state index in [0.29, 0.717) is 6.61 Å². The average Bonchev–Trinajstić information content (AvgIpc) is 2.77. The molecule has 0 N–H and O–H groups in total. The molecule has 3 rings (SSSR count). The fourth-order valence-electron chi connectivity index (χ4n) is 3.84. The van der Waals surface area contributed by atoms with E-state index in [1.54, 1.807) is 0 Å². The van der Waals surface area contributed by atoms with Crippen molar-refractivity contribution < 1.29 is 9.53 Å². The lowest BCUT2D eigenvalue weighted by atomic mass is 9.87. The molecule has 154 valence electrons. The maximum Gasteiger partial charge on any atom is 0.308 e. The predicted octanol–water partition coefficient (Wildman–Crippen LogP) is 6.87. The third kappa shape index (κ3) is 6.32. The van der Waals surface area contributed by atoms with Gasteiger partial charge in [0.15, 0.2) is 0 Å². The third-order valence-electron chi connectivity index (χ3n) is 5.97. The SMILES string of the molecule is CCC(C)C(=O)OCCCCCCc1ccc2c(c1)C=C(c1ccccc1)CC2. The van der Waals surface area contributed by atoms with Crippen LogP contribution in [0.5, 0.6) is 0 Å². The number of rotatable bonds is 10. The van der Waals surface area contributed by atoms with E-state index < -0.39 is 0 Å². The molecule has 1 aliphatic rings. The zero-order chi connectivity index (χ0) is 20.5. The number of unbranched alkanes of at least 4 members (excludes halogenated alkanes) is 3. The number of esters is 1. The van der Waals surface area contributed by atoms with Crippen LogP contribution in [0, 0.1) is 5.92 Å². The monoisotopic (exact) mass is 390 g/mol. The van der Waals surface area contributed by atoms with E-state index in [2.05, 4.69) is 54.6 Å². The number of carbonyl (C=O) groups excluding carboxylic acids is 1. The zero-order valence-electron chi connectivity index (χ0n) is 18.0. The van der Waals surface area contributed by atoms with Crippen molar-refractivity contribution in [2.24, 2.45) is 5.92 Å². The first-order valence-electron chi connectivity index (χ1n) is 11.2. The molecule has 0 aliphatic heterocycles. The Morgan fingerprint density at radius 2 is 1.79 bits per heavy atom. The van der Waals surface area contributed by atoms with E-state index in [9.17, 15) is 4.79 Å². The molecule has 0 radical (unpaired) electrons. The van der Waals surface area contributed by atoms with E-state index in [-0.39, 0.29) is 11.9 Å². The molecule has 0 amide bonds. The van der Waals surface area contributed by atoms with Gasteiger partial charge in [-0.05, 0) is 66.4 Å². The quantitative estimate of drug-likeness (QED) is 0.327. The van der Waals surface area contributed by atoms with Crippen molar-refractivity contribution in [3.05, 3.63) is 70.8 Å². The summed E-state index contributed by atoms with van der Waals surface area (Å²) in [5.41, 5.74) is 7.08. The topological polar surface area (TPSA) is 26.3 Å². The van der Waals surface area contributed by atoms with E-state index in [0.717, 1.165) is 38.5 Å². The molecule has 0 fully saturated rings. The summed E-state index contributed by atoms with van der Waals surface area (Å²) in [4.78, 5) is 11.7. The highest BCUT2D eigenvalue weighted by molar-refractivity contribution is 5.84. The minimum absolute atomic E-state index is 0.0236. The Kier molecular flexibility index (Phi) is 8.10. The summed E-state index contributed by atoms with van der Waals surface area (Å²) in [6, 6.07) is 17.7. The highest BCUT2D eigenvalue weighted by Crippen LogP contribution is 2.31. The zero-order valence-corrected chi connectivity index (χ0v) is 18.0. The molecule has 2 aromatic carbocycles. The van der Waals surface area contributed by atoms with Gasteiger partial charge in [0.2, 0.25) is 0 Å². The van der Waals surface area contributed by atoms with Gasteiger partial charge in [0.05, 0.1) is 12.5 Å². The Morgan fingerprint density at radius 1 is 1.00 bits per heavy atom. The summed E-state index contributed by atoms with van der Waals surface area (Å²) in [6.07, 6.45) is 11.1. The third-order valence-corrected chi connectivity index (χ3v) is 5.97. The van der Waals surface area contributed by atoms with Crippen LogP contribution in [0.4, 0.5) is 0 Å². The van der Waals surface area contributed by atoms with E-state index >= 15 is 0 Å². The van der Waals surface area contributed by atoms with Gasteiger partial charge in [-0.2, -0.15) is 0 Å². The average molecular weight is 391 g/mol. The van der Waals surface area contributed by atoms with Crippen molar-refractivity contribution in [3.8, 4) is 0 Å². The van der Waals surface area contributed by atoms with Crippen LogP contribution in [0.2, 0.25) is 0 Å². The van der Waals surface area contributed by atoms with Crippen LogP contribution >= 0.6 is 0 Å². The largest absolute Gasteiger partial charge is 0.465 e. The highest BCUT2D eigenvalue weighted by atomic mass is 16.5. The van der Waals surface area contributed by atoms with Crippen molar-refractivity contribution in [2.75, 3.05) is 6.61 Å². The lowest BCUT2D eigenvalue weighted by Gasteiger charge is -2.18. The molecule has 0 saturated heterocycles.